The molecule has 2 aromatic rings. The van der Waals surface area contributed by atoms with Crippen molar-refractivity contribution in [3.05, 3.63) is 65.7 Å². The first-order valence-corrected chi connectivity index (χ1v) is 7.03. The van der Waals surface area contributed by atoms with Crippen molar-refractivity contribution in [2.24, 2.45) is 0 Å². The minimum Gasteiger partial charge on any atom is -0.166 e. The van der Waals surface area contributed by atoms with E-state index in [4.69, 9.17) is 0 Å². The Bertz CT molecular complexity index is 535. The average molecular weight is 278 g/mol. The average Bonchev–Trinajstić information content (AvgIpc) is 2.39. The monoisotopic (exact) mass is 278 g/mol. The van der Waals surface area contributed by atoms with E-state index in [2.05, 4.69) is 0 Å². The van der Waals surface area contributed by atoms with Gasteiger partial charge in [0.1, 0.15) is 0 Å². The van der Waals surface area contributed by atoms with Crippen molar-refractivity contribution in [3.63, 3.8) is 0 Å². The van der Waals surface area contributed by atoms with Crippen molar-refractivity contribution in [2.75, 3.05) is 0 Å². The van der Waals surface area contributed by atoms with E-state index in [-0.39, 0.29) is 5.54 Å². The first-order chi connectivity index (χ1) is 8.97. The third-order valence-electron chi connectivity index (χ3n) is 2.87. The van der Waals surface area contributed by atoms with Crippen molar-refractivity contribution in [3.8, 4) is 0 Å². The van der Waals surface area contributed by atoms with E-state index >= 15 is 0 Å². The number of rotatable bonds is 3. The summed E-state index contributed by atoms with van der Waals surface area (Å²) in [6, 6.07) is 15.4. The molecule has 2 rings (SSSR count). The van der Waals surface area contributed by atoms with E-state index in [0.29, 0.717) is 9.52 Å². The predicted octanol–water partition coefficient (Wildman–Crippen LogP) is 3.80. The van der Waals surface area contributed by atoms with Crippen LogP contribution in [0.2, 0.25) is 0 Å². The molecule has 2 aromatic carbocycles. The predicted molar refractivity (Wildman–Crippen MR) is 71.7 cm³/mol. The first-order valence-electron chi connectivity index (χ1n) is 5.95. The van der Waals surface area contributed by atoms with Crippen molar-refractivity contribution in [1.82, 2.24) is 0 Å². The fraction of sp³-hybridized carbons (Fsp3) is 0.200. The Balaban J connectivity index is 2.18. The molecule has 0 aliphatic heterocycles. The van der Waals surface area contributed by atoms with Crippen LogP contribution in [0.25, 0.3) is 0 Å². The maximum absolute atomic E-state index is 12.7. The number of hydrogen-bond donors (Lipinski definition) is 0. The molecular formula is C15H13F3Si. The van der Waals surface area contributed by atoms with Crippen molar-refractivity contribution in [2.45, 2.75) is 18.6 Å². The first kappa shape index (κ1) is 13.9. The summed E-state index contributed by atoms with van der Waals surface area (Å²) < 4.78 is 38.0. The zero-order valence-electron chi connectivity index (χ0n) is 10.4. The normalized spacial score (nSPS) is 13.3. The second-order valence-electron chi connectivity index (χ2n) is 4.36. The second kappa shape index (κ2) is 5.61. The summed E-state index contributed by atoms with van der Waals surface area (Å²) in [4.78, 5) is 0. The van der Waals surface area contributed by atoms with Crippen LogP contribution in [-0.4, -0.2) is 9.52 Å². The molecule has 0 saturated carbocycles. The van der Waals surface area contributed by atoms with Crippen LogP contribution in [0.15, 0.2) is 54.6 Å². The SMILES string of the molecule is CC([Si]c1ccccc1)c1cccc(C(F)(F)F)c1. The number of halogens is 3. The third kappa shape index (κ3) is 3.70. The van der Waals surface area contributed by atoms with Crippen LogP contribution < -0.4 is 5.19 Å². The Morgan fingerprint density at radius 3 is 2.26 bits per heavy atom. The Morgan fingerprint density at radius 1 is 0.947 bits per heavy atom. The summed E-state index contributed by atoms with van der Waals surface area (Å²) in [6.45, 7) is 1.96. The van der Waals surface area contributed by atoms with Gasteiger partial charge in [-0.3, -0.25) is 0 Å². The summed E-state index contributed by atoms with van der Waals surface area (Å²) in [7, 11) is 0.468. The van der Waals surface area contributed by atoms with Gasteiger partial charge in [-0.1, -0.05) is 60.6 Å². The molecule has 4 heteroatoms. The minimum atomic E-state index is -4.27. The van der Waals surface area contributed by atoms with Gasteiger partial charge in [-0.15, -0.1) is 0 Å². The second-order valence-corrected chi connectivity index (χ2v) is 6.09. The molecule has 0 bridgehead atoms. The van der Waals surface area contributed by atoms with Crippen LogP contribution in [0.4, 0.5) is 13.2 Å². The van der Waals surface area contributed by atoms with Gasteiger partial charge in [0.2, 0.25) is 0 Å². The molecule has 98 valence electrons. The fourth-order valence-corrected chi connectivity index (χ4v) is 3.08. The highest BCUT2D eigenvalue weighted by Gasteiger charge is 2.30. The molecule has 19 heavy (non-hydrogen) atoms. The smallest absolute Gasteiger partial charge is 0.166 e. The summed E-state index contributed by atoms with van der Waals surface area (Å²) in [6.07, 6.45) is -4.27. The molecule has 0 fully saturated rings. The molecule has 0 heterocycles. The van der Waals surface area contributed by atoms with Gasteiger partial charge in [-0.05, 0) is 17.2 Å². The van der Waals surface area contributed by atoms with Gasteiger partial charge in [0.25, 0.3) is 0 Å². The van der Waals surface area contributed by atoms with Gasteiger partial charge in [0.15, 0.2) is 0 Å². The molecule has 0 aliphatic carbocycles. The van der Waals surface area contributed by atoms with Gasteiger partial charge in [0, 0.05) is 0 Å². The fourth-order valence-electron chi connectivity index (χ4n) is 1.85. The lowest BCUT2D eigenvalue weighted by molar-refractivity contribution is -0.137. The minimum absolute atomic E-state index is 0.0877. The van der Waals surface area contributed by atoms with Crippen molar-refractivity contribution >= 4 is 14.7 Å². The Hall–Kier alpha value is -1.55. The number of benzene rings is 2. The van der Waals surface area contributed by atoms with Crippen LogP contribution >= 0.6 is 0 Å². The molecule has 1 atom stereocenters. The Morgan fingerprint density at radius 2 is 1.63 bits per heavy atom. The van der Waals surface area contributed by atoms with E-state index in [1.807, 2.05) is 37.3 Å². The quantitative estimate of drug-likeness (QED) is 0.749. The molecule has 2 radical (unpaired) electrons. The lowest BCUT2D eigenvalue weighted by atomic mass is 10.1. The lowest BCUT2D eigenvalue weighted by Gasteiger charge is -2.13. The Kier molecular flexibility index (Phi) is 4.10. The Labute approximate surface area is 113 Å². The van der Waals surface area contributed by atoms with E-state index < -0.39 is 11.7 Å². The summed E-state index contributed by atoms with van der Waals surface area (Å²) in [5.41, 5.74) is 0.247. The highest BCUT2D eigenvalue weighted by molar-refractivity contribution is 6.54. The summed E-state index contributed by atoms with van der Waals surface area (Å²) in [5, 5.41) is 1.16. The number of hydrogen-bond acceptors (Lipinski definition) is 0. The van der Waals surface area contributed by atoms with Crippen LogP contribution in [0.5, 0.6) is 0 Å². The maximum atomic E-state index is 12.7. The third-order valence-corrected chi connectivity index (χ3v) is 4.30. The molecule has 0 nitrogen and oxygen atoms in total. The molecule has 0 spiro atoms. The zero-order chi connectivity index (χ0) is 13.9. The van der Waals surface area contributed by atoms with Crippen molar-refractivity contribution in [1.29, 1.82) is 0 Å². The van der Waals surface area contributed by atoms with Crippen molar-refractivity contribution < 1.29 is 13.2 Å². The van der Waals surface area contributed by atoms with Gasteiger partial charge in [-0.25, -0.2) is 0 Å². The molecule has 0 aliphatic rings. The lowest BCUT2D eigenvalue weighted by Crippen LogP contribution is -2.20. The molecule has 0 amide bonds. The molecule has 0 saturated heterocycles. The highest BCUT2D eigenvalue weighted by atomic mass is 28.2. The van der Waals surface area contributed by atoms with Crippen LogP contribution in [0.3, 0.4) is 0 Å². The number of alkyl halides is 3. The largest absolute Gasteiger partial charge is 0.416 e. The highest BCUT2D eigenvalue weighted by Crippen LogP contribution is 2.30. The van der Waals surface area contributed by atoms with Gasteiger partial charge in [0.05, 0.1) is 15.1 Å². The van der Waals surface area contributed by atoms with E-state index in [1.165, 1.54) is 12.1 Å². The van der Waals surface area contributed by atoms with Gasteiger partial charge in [-0.2, -0.15) is 13.2 Å². The van der Waals surface area contributed by atoms with E-state index in [9.17, 15) is 13.2 Å². The summed E-state index contributed by atoms with van der Waals surface area (Å²) >= 11 is 0. The zero-order valence-corrected chi connectivity index (χ0v) is 11.4. The maximum Gasteiger partial charge on any atom is 0.416 e. The van der Waals surface area contributed by atoms with Gasteiger partial charge < -0.3 is 0 Å². The molecule has 1 unspecified atom stereocenters. The topological polar surface area (TPSA) is 0 Å². The van der Waals surface area contributed by atoms with Gasteiger partial charge >= 0.3 is 6.18 Å². The standard InChI is InChI=1S/C15H13F3Si/c1-11(19-14-8-3-2-4-9-14)12-6-5-7-13(10-12)15(16,17)18/h2-11H,1H3. The van der Waals surface area contributed by atoms with Crippen LogP contribution in [0, 0.1) is 0 Å². The molecule has 0 aromatic heterocycles. The van der Waals surface area contributed by atoms with E-state index in [0.717, 1.165) is 16.8 Å². The van der Waals surface area contributed by atoms with E-state index in [1.54, 1.807) is 6.07 Å². The molecular weight excluding hydrogens is 265 g/mol. The van der Waals surface area contributed by atoms with Crippen LogP contribution in [0.1, 0.15) is 23.6 Å². The summed E-state index contributed by atoms with van der Waals surface area (Å²) in [5.74, 6) is 0. The van der Waals surface area contributed by atoms with Crippen LogP contribution in [-0.2, 0) is 6.18 Å². The molecule has 0 N–H and O–H groups in total.